The second-order valence-corrected chi connectivity index (χ2v) is 6.40. The fourth-order valence-electron chi connectivity index (χ4n) is 2.58. The lowest BCUT2D eigenvalue weighted by Crippen LogP contribution is -2.28. The summed E-state index contributed by atoms with van der Waals surface area (Å²) in [5, 5.41) is 14.9. The first-order valence-corrected chi connectivity index (χ1v) is 8.59. The summed E-state index contributed by atoms with van der Waals surface area (Å²) in [4.78, 5) is 28.1. The number of nitriles is 1. The SMILES string of the molecule is CC(F)(F)c1ncn(CC2=CC(=C(F)F)N=NC2=O)c(=O)c1Oc1cccc(C#N)c1F. The smallest absolute Gasteiger partial charge is 0.297 e. The number of azo groups is 1. The van der Waals surface area contributed by atoms with Gasteiger partial charge in [-0.15, -0.1) is 10.2 Å². The quantitative estimate of drug-likeness (QED) is 0.634. The van der Waals surface area contributed by atoms with E-state index in [1.54, 1.807) is 0 Å². The Kier molecular flexibility index (Phi) is 5.97. The molecule has 0 atom stereocenters. The molecule has 0 unspecified atom stereocenters. The topological polar surface area (TPSA) is 110 Å². The van der Waals surface area contributed by atoms with E-state index in [4.69, 9.17) is 10.00 Å². The molecule has 0 fully saturated rings. The molecule has 13 heteroatoms. The molecular weight excluding hydrogens is 441 g/mol. The number of alkyl halides is 2. The molecule has 0 N–H and O–H groups in total. The third-order valence-corrected chi connectivity index (χ3v) is 4.08. The van der Waals surface area contributed by atoms with Gasteiger partial charge in [0.2, 0.25) is 5.75 Å². The number of carbonyl (C=O) groups excluding carboxylic acids is 1. The summed E-state index contributed by atoms with van der Waals surface area (Å²) in [6, 6.07) is 4.83. The Labute approximate surface area is 175 Å². The summed E-state index contributed by atoms with van der Waals surface area (Å²) in [7, 11) is 0. The number of aromatic nitrogens is 2. The molecule has 1 aliphatic rings. The van der Waals surface area contributed by atoms with Gasteiger partial charge in [0.1, 0.15) is 6.07 Å². The van der Waals surface area contributed by atoms with Gasteiger partial charge in [-0.2, -0.15) is 22.8 Å². The minimum atomic E-state index is -3.70. The van der Waals surface area contributed by atoms with Crippen LogP contribution < -0.4 is 10.3 Å². The first-order chi connectivity index (χ1) is 15.0. The fourth-order valence-corrected chi connectivity index (χ4v) is 2.58. The highest BCUT2D eigenvalue weighted by Crippen LogP contribution is 2.34. The molecule has 8 nitrogen and oxygen atoms in total. The van der Waals surface area contributed by atoms with Gasteiger partial charge in [-0.05, 0) is 18.2 Å². The van der Waals surface area contributed by atoms with E-state index in [2.05, 4.69) is 15.2 Å². The number of hydrogen-bond acceptors (Lipinski definition) is 6. The predicted molar refractivity (Wildman–Crippen MR) is 96.4 cm³/mol. The van der Waals surface area contributed by atoms with Gasteiger partial charge in [0.15, 0.2) is 23.0 Å². The molecule has 2 aromatic rings. The van der Waals surface area contributed by atoms with E-state index in [1.807, 2.05) is 0 Å². The zero-order chi connectivity index (χ0) is 23.6. The highest BCUT2D eigenvalue weighted by molar-refractivity contribution is 5.95. The highest BCUT2D eigenvalue weighted by atomic mass is 19.3. The van der Waals surface area contributed by atoms with E-state index in [9.17, 15) is 31.5 Å². The lowest BCUT2D eigenvalue weighted by atomic mass is 10.2. The molecule has 0 bridgehead atoms. The molecule has 0 spiro atoms. The average Bonchev–Trinajstić information content (AvgIpc) is 2.72. The van der Waals surface area contributed by atoms with Crippen molar-refractivity contribution in [2.75, 3.05) is 0 Å². The number of allylic oxidation sites excluding steroid dienone is 1. The Morgan fingerprint density at radius 3 is 2.59 bits per heavy atom. The third kappa shape index (κ3) is 4.43. The lowest BCUT2D eigenvalue weighted by Gasteiger charge is -2.17. The Balaban J connectivity index is 2.11. The van der Waals surface area contributed by atoms with Crippen LogP contribution in [0.1, 0.15) is 18.2 Å². The Morgan fingerprint density at radius 2 is 1.97 bits per heavy atom. The van der Waals surface area contributed by atoms with Crippen LogP contribution in [0.3, 0.4) is 0 Å². The number of carbonyl (C=O) groups is 1. The Bertz CT molecular complexity index is 1300. The van der Waals surface area contributed by atoms with Crippen LogP contribution in [0.5, 0.6) is 11.5 Å². The first-order valence-electron chi connectivity index (χ1n) is 8.59. The van der Waals surface area contributed by atoms with E-state index < -0.39 is 69.9 Å². The van der Waals surface area contributed by atoms with Gasteiger partial charge in [-0.1, -0.05) is 6.07 Å². The molecule has 0 saturated carbocycles. The summed E-state index contributed by atoms with van der Waals surface area (Å²) in [5.74, 6) is -7.71. The van der Waals surface area contributed by atoms with Crippen LogP contribution in [-0.4, -0.2) is 15.5 Å². The van der Waals surface area contributed by atoms with E-state index in [1.165, 1.54) is 12.1 Å². The Hall–Kier alpha value is -4.21. The molecule has 0 aliphatic carbocycles. The predicted octanol–water partition coefficient (Wildman–Crippen LogP) is 4.18. The van der Waals surface area contributed by atoms with Crippen LogP contribution in [0, 0.1) is 17.1 Å². The maximum Gasteiger partial charge on any atom is 0.297 e. The van der Waals surface area contributed by atoms with Crippen LogP contribution in [0.25, 0.3) is 0 Å². The number of ether oxygens (including phenoxy) is 1. The zero-order valence-electron chi connectivity index (χ0n) is 15.9. The second kappa shape index (κ2) is 8.50. The van der Waals surface area contributed by atoms with Crippen LogP contribution in [0.15, 0.2) is 63.0 Å². The summed E-state index contributed by atoms with van der Waals surface area (Å²) >= 11 is 0. The molecule has 0 saturated heterocycles. The molecule has 3 rings (SSSR count). The van der Waals surface area contributed by atoms with Gasteiger partial charge in [-0.25, -0.2) is 9.37 Å². The van der Waals surface area contributed by atoms with Crippen molar-refractivity contribution in [3.63, 3.8) is 0 Å². The molecular formula is C19H10F5N5O3. The van der Waals surface area contributed by atoms with E-state index in [0.717, 1.165) is 12.1 Å². The van der Waals surface area contributed by atoms with Gasteiger partial charge in [-0.3, -0.25) is 14.2 Å². The lowest BCUT2D eigenvalue weighted by molar-refractivity contribution is -0.115. The number of amides is 1. The van der Waals surface area contributed by atoms with Gasteiger partial charge in [0.25, 0.3) is 23.5 Å². The van der Waals surface area contributed by atoms with Crippen molar-refractivity contribution >= 4 is 5.91 Å². The van der Waals surface area contributed by atoms with Crippen molar-refractivity contribution in [1.29, 1.82) is 5.26 Å². The summed E-state index contributed by atoms with van der Waals surface area (Å²) in [5.41, 5.74) is -4.19. The van der Waals surface area contributed by atoms with Crippen molar-refractivity contribution in [2.45, 2.75) is 19.4 Å². The zero-order valence-corrected chi connectivity index (χ0v) is 15.9. The van der Waals surface area contributed by atoms with Gasteiger partial charge < -0.3 is 4.74 Å². The molecule has 164 valence electrons. The standard InChI is InChI=1S/C19H10F5N5O3/c1-19(23,24)15-14(32-12-4-2-3-9(6-25)13(12)20)18(31)29(8-26-15)7-10-5-11(16(21)22)27-28-17(10)30/h2-5,8H,7H2,1H3. The number of nitrogens with zero attached hydrogens (tertiary/aromatic N) is 5. The maximum atomic E-state index is 14.3. The largest absolute Gasteiger partial charge is 0.446 e. The molecule has 1 aromatic carbocycles. The van der Waals surface area contributed by atoms with Crippen molar-refractivity contribution in [3.8, 4) is 17.6 Å². The summed E-state index contributed by atoms with van der Waals surface area (Å²) in [6.07, 6.45) is -0.906. The van der Waals surface area contributed by atoms with Gasteiger partial charge >= 0.3 is 0 Å². The van der Waals surface area contributed by atoms with Crippen LogP contribution >= 0.6 is 0 Å². The normalized spacial score (nSPS) is 13.6. The van der Waals surface area contributed by atoms with E-state index in [0.29, 0.717) is 23.9 Å². The van der Waals surface area contributed by atoms with Crippen molar-refractivity contribution < 1.29 is 31.5 Å². The second-order valence-electron chi connectivity index (χ2n) is 6.40. The summed E-state index contributed by atoms with van der Waals surface area (Å²) in [6.45, 7) is -0.268. The minimum Gasteiger partial charge on any atom is -0.446 e. The van der Waals surface area contributed by atoms with E-state index in [-0.39, 0.29) is 0 Å². The van der Waals surface area contributed by atoms with Crippen LogP contribution in [0.4, 0.5) is 22.0 Å². The minimum absolute atomic E-state index is 0.411. The number of benzene rings is 1. The molecule has 0 radical (unpaired) electrons. The van der Waals surface area contributed by atoms with Crippen LogP contribution in [-0.2, 0) is 17.3 Å². The Morgan fingerprint density at radius 1 is 1.25 bits per heavy atom. The van der Waals surface area contributed by atoms with Crippen molar-refractivity contribution in [3.05, 3.63) is 75.4 Å². The highest BCUT2D eigenvalue weighted by Gasteiger charge is 2.34. The van der Waals surface area contributed by atoms with Crippen molar-refractivity contribution in [2.24, 2.45) is 10.2 Å². The average molecular weight is 451 g/mol. The third-order valence-electron chi connectivity index (χ3n) is 4.08. The number of halogens is 5. The number of rotatable bonds is 5. The summed E-state index contributed by atoms with van der Waals surface area (Å²) < 4.78 is 73.6. The molecule has 1 amide bonds. The van der Waals surface area contributed by atoms with Gasteiger partial charge in [0.05, 0.1) is 18.4 Å². The molecule has 1 aromatic heterocycles. The monoisotopic (exact) mass is 451 g/mol. The molecule has 2 heterocycles. The first kappa shape index (κ1) is 22.5. The van der Waals surface area contributed by atoms with Crippen LogP contribution in [0.2, 0.25) is 0 Å². The van der Waals surface area contributed by atoms with Gasteiger partial charge in [0, 0.05) is 12.5 Å². The maximum absolute atomic E-state index is 14.3. The molecule has 1 aliphatic heterocycles. The molecule has 32 heavy (non-hydrogen) atoms. The fraction of sp³-hybridized carbons (Fsp3) is 0.158. The number of hydrogen-bond donors (Lipinski definition) is 0. The van der Waals surface area contributed by atoms with Crippen molar-refractivity contribution in [1.82, 2.24) is 9.55 Å². The van der Waals surface area contributed by atoms with E-state index >= 15 is 0 Å².